The highest BCUT2D eigenvalue weighted by molar-refractivity contribution is 6.34. The maximum Gasteiger partial charge on any atom is 0.258 e. The third-order valence-electron chi connectivity index (χ3n) is 3.02. The Morgan fingerprint density at radius 1 is 1.10 bits per heavy atom. The van der Waals surface area contributed by atoms with Gasteiger partial charge in [-0.05, 0) is 43.4 Å². The zero-order valence-corrected chi connectivity index (χ0v) is 13.2. The average Bonchev–Trinajstić information content (AvgIpc) is 2.75. The van der Waals surface area contributed by atoms with Crippen LogP contribution in [-0.4, -0.2) is 11.8 Å². The van der Waals surface area contributed by atoms with Gasteiger partial charge in [-0.3, -0.25) is 14.9 Å². The van der Waals surface area contributed by atoms with Gasteiger partial charge in [0.05, 0.1) is 5.57 Å². The Labute approximate surface area is 126 Å². The van der Waals surface area contributed by atoms with Crippen LogP contribution in [0.2, 0.25) is 0 Å². The van der Waals surface area contributed by atoms with E-state index in [4.69, 9.17) is 0 Å². The van der Waals surface area contributed by atoms with Crippen molar-refractivity contribution >= 4 is 17.4 Å². The van der Waals surface area contributed by atoms with Crippen molar-refractivity contribution in [2.24, 2.45) is 0 Å². The summed E-state index contributed by atoms with van der Waals surface area (Å²) in [6.45, 7) is 11.6. The van der Waals surface area contributed by atoms with Gasteiger partial charge in [0.1, 0.15) is 0 Å². The molecule has 2 amide bonds. The third-order valence-corrected chi connectivity index (χ3v) is 3.02. The SMILES string of the molecule is C=C(C)C.CCc1cccc(CC)c1C1=CC(=O)NC1=O. The fourth-order valence-electron chi connectivity index (χ4n) is 2.19. The number of benzene rings is 1. The van der Waals surface area contributed by atoms with Crippen LogP contribution in [0.15, 0.2) is 36.4 Å². The molecule has 0 fully saturated rings. The lowest BCUT2D eigenvalue weighted by Gasteiger charge is -2.12. The van der Waals surface area contributed by atoms with E-state index in [1.807, 2.05) is 45.9 Å². The number of carbonyl (C=O) groups is 2. The standard InChI is InChI=1S/C14H15NO2.C4H8/c1-3-9-6-5-7-10(4-2)13(9)11-8-12(16)15-14(11)17;1-4(2)3/h5-8H,3-4H2,1-2H3,(H,15,16,17);1H2,2-3H3. The maximum absolute atomic E-state index is 11.7. The zero-order valence-electron chi connectivity index (χ0n) is 13.2. The molecule has 0 aliphatic carbocycles. The molecule has 21 heavy (non-hydrogen) atoms. The summed E-state index contributed by atoms with van der Waals surface area (Å²) in [6, 6.07) is 6.01. The molecule has 0 saturated heterocycles. The lowest BCUT2D eigenvalue weighted by atomic mass is 9.92. The summed E-state index contributed by atoms with van der Waals surface area (Å²) >= 11 is 0. The molecular weight excluding hydrogens is 262 g/mol. The maximum atomic E-state index is 11.7. The molecule has 3 heteroatoms. The molecule has 1 N–H and O–H groups in total. The van der Waals surface area contributed by atoms with Crippen LogP contribution in [0.25, 0.3) is 5.57 Å². The third kappa shape index (κ3) is 4.42. The van der Waals surface area contributed by atoms with E-state index in [1.54, 1.807) is 0 Å². The second kappa shape index (κ2) is 7.58. The van der Waals surface area contributed by atoms with Crippen molar-refractivity contribution in [2.45, 2.75) is 40.5 Å². The van der Waals surface area contributed by atoms with Gasteiger partial charge < -0.3 is 0 Å². The van der Waals surface area contributed by atoms with Crippen molar-refractivity contribution in [3.05, 3.63) is 53.1 Å². The summed E-state index contributed by atoms with van der Waals surface area (Å²) in [6.07, 6.45) is 3.10. The Hall–Kier alpha value is -2.16. The first kappa shape index (κ1) is 16.9. The number of imide groups is 1. The molecule has 0 aromatic heterocycles. The van der Waals surface area contributed by atoms with Crippen molar-refractivity contribution in [1.82, 2.24) is 5.32 Å². The highest BCUT2D eigenvalue weighted by atomic mass is 16.2. The summed E-state index contributed by atoms with van der Waals surface area (Å²) < 4.78 is 0. The molecule has 0 saturated carbocycles. The summed E-state index contributed by atoms with van der Waals surface area (Å²) in [4.78, 5) is 22.9. The Morgan fingerprint density at radius 2 is 1.57 bits per heavy atom. The van der Waals surface area contributed by atoms with E-state index in [1.165, 1.54) is 11.6 Å². The number of carbonyl (C=O) groups excluding carboxylic acids is 2. The molecule has 1 aromatic carbocycles. The average molecular weight is 285 g/mol. The van der Waals surface area contributed by atoms with E-state index < -0.39 is 0 Å². The normalized spacial score (nSPS) is 13.2. The van der Waals surface area contributed by atoms with Crippen molar-refractivity contribution in [3.8, 4) is 0 Å². The van der Waals surface area contributed by atoms with Gasteiger partial charge in [0.15, 0.2) is 0 Å². The van der Waals surface area contributed by atoms with Gasteiger partial charge in [-0.2, -0.15) is 0 Å². The van der Waals surface area contributed by atoms with Crippen LogP contribution in [0.1, 0.15) is 44.4 Å². The number of hydrogen-bond acceptors (Lipinski definition) is 2. The van der Waals surface area contributed by atoms with Crippen molar-refractivity contribution in [2.75, 3.05) is 0 Å². The van der Waals surface area contributed by atoms with Crippen LogP contribution < -0.4 is 5.32 Å². The Balaban J connectivity index is 0.000000491. The van der Waals surface area contributed by atoms with E-state index in [0.717, 1.165) is 29.5 Å². The monoisotopic (exact) mass is 285 g/mol. The van der Waals surface area contributed by atoms with Gasteiger partial charge in [-0.15, -0.1) is 6.58 Å². The van der Waals surface area contributed by atoms with Gasteiger partial charge in [0.2, 0.25) is 0 Å². The van der Waals surface area contributed by atoms with Gasteiger partial charge in [0, 0.05) is 6.08 Å². The quantitative estimate of drug-likeness (QED) is 0.683. The molecule has 1 heterocycles. The topological polar surface area (TPSA) is 46.2 Å². The van der Waals surface area contributed by atoms with Crippen LogP contribution in [0.5, 0.6) is 0 Å². The molecule has 0 spiro atoms. The minimum atomic E-state index is -0.321. The number of allylic oxidation sites excluding steroid dienone is 1. The lowest BCUT2D eigenvalue weighted by molar-refractivity contribution is -0.123. The molecule has 0 bridgehead atoms. The molecule has 1 aliphatic heterocycles. The van der Waals surface area contributed by atoms with Crippen LogP contribution >= 0.6 is 0 Å². The molecule has 1 aromatic rings. The first-order valence-electron chi connectivity index (χ1n) is 7.20. The molecule has 0 radical (unpaired) electrons. The van der Waals surface area contributed by atoms with E-state index >= 15 is 0 Å². The molecule has 1 aliphatic rings. The van der Waals surface area contributed by atoms with Crippen LogP contribution in [0, 0.1) is 0 Å². The number of nitrogens with one attached hydrogen (secondary N) is 1. The van der Waals surface area contributed by atoms with Crippen molar-refractivity contribution in [1.29, 1.82) is 0 Å². The summed E-state index contributed by atoms with van der Waals surface area (Å²) in [5.74, 6) is -0.608. The molecular formula is C18H23NO2. The highest BCUT2D eigenvalue weighted by Crippen LogP contribution is 2.27. The Kier molecular flexibility index (Phi) is 6.10. The largest absolute Gasteiger partial charge is 0.289 e. The first-order valence-corrected chi connectivity index (χ1v) is 7.20. The minimum Gasteiger partial charge on any atom is -0.289 e. The van der Waals surface area contributed by atoms with E-state index in [2.05, 4.69) is 11.9 Å². The first-order chi connectivity index (χ1) is 9.90. The molecule has 3 nitrogen and oxygen atoms in total. The van der Waals surface area contributed by atoms with Crippen molar-refractivity contribution < 1.29 is 9.59 Å². The predicted octanol–water partition coefficient (Wildman–Crippen LogP) is 3.43. The highest BCUT2D eigenvalue weighted by Gasteiger charge is 2.25. The van der Waals surface area contributed by atoms with Gasteiger partial charge in [0.25, 0.3) is 11.8 Å². The molecule has 0 atom stereocenters. The zero-order chi connectivity index (χ0) is 16.0. The lowest BCUT2D eigenvalue weighted by Crippen LogP contribution is -2.22. The second-order valence-corrected chi connectivity index (χ2v) is 5.24. The van der Waals surface area contributed by atoms with Gasteiger partial charge in [-0.25, -0.2) is 0 Å². The summed E-state index contributed by atoms with van der Waals surface area (Å²) in [5.41, 5.74) is 4.83. The molecule has 0 unspecified atom stereocenters. The Bertz CT molecular complexity index is 571. The summed E-state index contributed by atoms with van der Waals surface area (Å²) in [7, 11) is 0. The summed E-state index contributed by atoms with van der Waals surface area (Å²) in [5, 5.41) is 2.30. The number of hydrogen-bond donors (Lipinski definition) is 1. The minimum absolute atomic E-state index is 0.286. The van der Waals surface area contributed by atoms with E-state index in [9.17, 15) is 9.59 Å². The number of amides is 2. The fraction of sp³-hybridized carbons (Fsp3) is 0.333. The number of aryl methyl sites for hydroxylation is 2. The molecule has 2 rings (SSSR count). The predicted molar refractivity (Wildman–Crippen MR) is 86.8 cm³/mol. The van der Waals surface area contributed by atoms with Crippen LogP contribution in [0.3, 0.4) is 0 Å². The Morgan fingerprint density at radius 3 is 1.90 bits per heavy atom. The van der Waals surface area contributed by atoms with E-state index in [0.29, 0.717) is 5.57 Å². The van der Waals surface area contributed by atoms with Gasteiger partial charge >= 0.3 is 0 Å². The van der Waals surface area contributed by atoms with Crippen molar-refractivity contribution in [3.63, 3.8) is 0 Å². The van der Waals surface area contributed by atoms with Gasteiger partial charge in [-0.1, -0.05) is 37.6 Å². The van der Waals surface area contributed by atoms with Crippen LogP contribution in [-0.2, 0) is 22.4 Å². The fourth-order valence-corrected chi connectivity index (χ4v) is 2.19. The second-order valence-electron chi connectivity index (χ2n) is 5.24. The van der Waals surface area contributed by atoms with E-state index in [-0.39, 0.29) is 11.8 Å². The smallest absolute Gasteiger partial charge is 0.258 e. The number of rotatable bonds is 3. The van der Waals surface area contributed by atoms with Crippen LogP contribution in [0.4, 0.5) is 0 Å². The molecule has 112 valence electrons.